The van der Waals surface area contributed by atoms with E-state index in [-0.39, 0.29) is 6.61 Å². The van der Waals surface area contributed by atoms with Gasteiger partial charge in [0.05, 0.1) is 19.9 Å². The number of ether oxygens (including phenoxy) is 1. The van der Waals surface area contributed by atoms with Gasteiger partial charge < -0.3 is 20.1 Å². The van der Waals surface area contributed by atoms with E-state index in [1.54, 1.807) is 0 Å². The molecule has 0 bridgehead atoms. The summed E-state index contributed by atoms with van der Waals surface area (Å²) in [6.45, 7) is 6.21. The number of β-amino-alcohol motifs (C(OH)–C–C–N with tert-alkyl or cyclic N) is 1. The molecule has 0 atom stereocenters. The molecule has 0 spiro atoms. The first kappa shape index (κ1) is 18.5. The monoisotopic (exact) mass is 378 g/mol. The van der Waals surface area contributed by atoms with Crippen molar-refractivity contribution in [1.29, 1.82) is 0 Å². The van der Waals surface area contributed by atoms with Crippen LogP contribution in [0.3, 0.4) is 0 Å². The van der Waals surface area contributed by atoms with Crippen LogP contribution in [0, 0.1) is 6.92 Å². The maximum absolute atomic E-state index is 11.5. The summed E-state index contributed by atoms with van der Waals surface area (Å²) in [6.07, 6.45) is 1.48. The molecule has 1 aliphatic heterocycles. The average molecular weight is 378 g/mol. The van der Waals surface area contributed by atoms with Gasteiger partial charge in [0, 0.05) is 38.8 Å². The standard InChI is InChI=1S/C16H22N6O3S/c1-11-18-13(20-16-17-10-12(26-16)15(24)25-2)9-14(19-11)22-5-3-21(4-6-22)7-8-23/h9-10,23H,3-8H2,1-2H3,(H,17,18,19,20). The number of nitrogens with one attached hydrogen (secondary N) is 1. The Bertz CT molecular complexity index is 760. The third-order valence-electron chi connectivity index (χ3n) is 4.06. The van der Waals surface area contributed by atoms with E-state index >= 15 is 0 Å². The zero-order chi connectivity index (χ0) is 18.5. The zero-order valence-corrected chi connectivity index (χ0v) is 15.6. The summed E-state index contributed by atoms with van der Waals surface area (Å²) in [5.41, 5.74) is 0. The third-order valence-corrected chi connectivity index (χ3v) is 4.96. The molecule has 1 saturated heterocycles. The molecule has 0 aromatic carbocycles. The second-order valence-electron chi connectivity index (χ2n) is 5.86. The number of aryl methyl sites for hydroxylation is 1. The Labute approximate surface area is 155 Å². The molecule has 1 fully saturated rings. The minimum atomic E-state index is -0.407. The Balaban J connectivity index is 1.70. The van der Waals surface area contributed by atoms with Gasteiger partial charge in [-0.05, 0) is 6.92 Å². The van der Waals surface area contributed by atoms with E-state index in [2.05, 4.69) is 30.1 Å². The van der Waals surface area contributed by atoms with Gasteiger partial charge >= 0.3 is 5.97 Å². The Kier molecular flexibility index (Phi) is 5.96. The van der Waals surface area contributed by atoms with Gasteiger partial charge in [0.1, 0.15) is 22.3 Å². The average Bonchev–Trinajstić information content (AvgIpc) is 3.10. The fourth-order valence-corrected chi connectivity index (χ4v) is 3.50. The SMILES string of the molecule is COC(=O)c1cnc(Nc2cc(N3CCN(CCO)CC3)nc(C)n2)s1. The number of carbonyl (C=O) groups is 1. The molecule has 0 saturated carbocycles. The van der Waals surface area contributed by atoms with Crippen molar-refractivity contribution in [3.8, 4) is 0 Å². The van der Waals surface area contributed by atoms with Gasteiger partial charge in [-0.3, -0.25) is 4.90 Å². The van der Waals surface area contributed by atoms with Crippen LogP contribution < -0.4 is 10.2 Å². The van der Waals surface area contributed by atoms with Gasteiger partial charge in [-0.2, -0.15) is 0 Å². The van der Waals surface area contributed by atoms with Gasteiger partial charge in [-0.15, -0.1) is 0 Å². The first-order valence-corrected chi connectivity index (χ1v) is 9.15. The van der Waals surface area contributed by atoms with E-state index in [1.165, 1.54) is 24.6 Å². The number of carbonyl (C=O) groups excluding carboxylic acids is 1. The number of rotatable bonds is 6. The van der Waals surface area contributed by atoms with Crippen molar-refractivity contribution >= 4 is 34.1 Å². The molecule has 3 heterocycles. The quantitative estimate of drug-likeness (QED) is 0.709. The predicted octanol–water partition coefficient (Wildman–Crippen LogP) is 0.886. The van der Waals surface area contributed by atoms with Crippen molar-refractivity contribution in [2.24, 2.45) is 0 Å². The molecule has 10 heteroatoms. The number of thiazole rings is 1. The summed E-state index contributed by atoms with van der Waals surface area (Å²) >= 11 is 1.21. The van der Waals surface area contributed by atoms with Crippen LogP contribution in [-0.4, -0.2) is 77.4 Å². The number of hydrogen-bond acceptors (Lipinski definition) is 10. The normalized spacial score (nSPS) is 15.1. The van der Waals surface area contributed by atoms with Crippen molar-refractivity contribution in [3.05, 3.63) is 23.0 Å². The molecule has 0 radical (unpaired) electrons. The van der Waals surface area contributed by atoms with Crippen LogP contribution in [0.2, 0.25) is 0 Å². The number of esters is 1. The second-order valence-corrected chi connectivity index (χ2v) is 6.89. The number of piperazine rings is 1. The second kappa shape index (κ2) is 8.39. The van der Waals surface area contributed by atoms with Gasteiger partial charge in [0.15, 0.2) is 5.13 Å². The fourth-order valence-electron chi connectivity index (χ4n) is 2.76. The Hall–Kier alpha value is -2.30. The first-order valence-electron chi connectivity index (χ1n) is 8.34. The molecular formula is C16H22N6O3S. The molecule has 0 aliphatic carbocycles. The minimum Gasteiger partial charge on any atom is -0.465 e. The lowest BCUT2D eigenvalue weighted by atomic mass is 10.3. The Morgan fingerprint density at radius 2 is 2.12 bits per heavy atom. The Morgan fingerprint density at radius 3 is 2.81 bits per heavy atom. The van der Waals surface area contributed by atoms with Gasteiger partial charge in [0.25, 0.3) is 0 Å². The van der Waals surface area contributed by atoms with Gasteiger partial charge in [-0.25, -0.2) is 19.7 Å². The van der Waals surface area contributed by atoms with Gasteiger partial charge in [-0.1, -0.05) is 11.3 Å². The van der Waals surface area contributed by atoms with E-state index in [0.717, 1.165) is 32.0 Å². The van der Waals surface area contributed by atoms with Crippen LogP contribution in [0.1, 0.15) is 15.5 Å². The van der Waals surface area contributed by atoms with Crippen molar-refractivity contribution in [2.45, 2.75) is 6.92 Å². The van der Waals surface area contributed by atoms with Crippen LogP contribution in [0.4, 0.5) is 16.8 Å². The summed E-state index contributed by atoms with van der Waals surface area (Å²) in [6, 6.07) is 1.88. The smallest absolute Gasteiger partial charge is 0.349 e. The molecule has 2 aromatic rings. The van der Waals surface area contributed by atoms with Gasteiger partial charge in [0.2, 0.25) is 0 Å². The highest BCUT2D eigenvalue weighted by Gasteiger charge is 2.19. The number of anilines is 3. The minimum absolute atomic E-state index is 0.183. The summed E-state index contributed by atoms with van der Waals surface area (Å²) < 4.78 is 4.70. The maximum Gasteiger partial charge on any atom is 0.349 e. The van der Waals surface area contributed by atoms with E-state index < -0.39 is 5.97 Å². The molecule has 140 valence electrons. The lowest BCUT2D eigenvalue weighted by Crippen LogP contribution is -2.47. The number of methoxy groups -OCH3 is 1. The molecule has 1 aliphatic rings. The highest BCUT2D eigenvalue weighted by atomic mass is 32.1. The highest BCUT2D eigenvalue weighted by Crippen LogP contribution is 2.24. The van der Waals surface area contributed by atoms with Crippen molar-refractivity contribution in [2.75, 3.05) is 56.7 Å². The summed E-state index contributed by atoms with van der Waals surface area (Å²) in [4.78, 5) is 29.5. The largest absolute Gasteiger partial charge is 0.465 e. The first-order chi connectivity index (χ1) is 12.6. The molecular weight excluding hydrogens is 356 g/mol. The number of aliphatic hydroxyl groups is 1. The van der Waals surface area contributed by atoms with E-state index in [9.17, 15) is 4.79 Å². The van der Waals surface area contributed by atoms with Crippen molar-refractivity contribution < 1.29 is 14.6 Å². The molecule has 9 nitrogen and oxygen atoms in total. The summed E-state index contributed by atoms with van der Waals surface area (Å²) in [7, 11) is 1.34. The summed E-state index contributed by atoms with van der Waals surface area (Å²) in [5.74, 6) is 1.74. The van der Waals surface area contributed by atoms with Crippen molar-refractivity contribution in [3.63, 3.8) is 0 Å². The van der Waals surface area contributed by atoms with Crippen LogP contribution in [0.5, 0.6) is 0 Å². The fraction of sp³-hybridized carbons (Fsp3) is 0.500. The highest BCUT2D eigenvalue weighted by molar-refractivity contribution is 7.17. The molecule has 3 rings (SSSR count). The molecule has 26 heavy (non-hydrogen) atoms. The van der Waals surface area contributed by atoms with E-state index in [4.69, 9.17) is 9.84 Å². The van der Waals surface area contributed by atoms with E-state index in [1.807, 2.05) is 13.0 Å². The van der Waals surface area contributed by atoms with Crippen LogP contribution in [0.15, 0.2) is 12.3 Å². The predicted molar refractivity (Wildman–Crippen MR) is 99.2 cm³/mol. The zero-order valence-electron chi connectivity index (χ0n) is 14.8. The van der Waals surface area contributed by atoms with E-state index in [0.29, 0.717) is 28.2 Å². The number of nitrogens with zero attached hydrogens (tertiary/aromatic N) is 5. The Morgan fingerprint density at radius 1 is 1.35 bits per heavy atom. The number of hydrogen-bond donors (Lipinski definition) is 2. The lowest BCUT2D eigenvalue weighted by molar-refractivity contribution is 0.0606. The third kappa shape index (κ3) is 4.45. The molecule has 2 aromatic heterocycles. The van der Waals surface area contributed by atoms with Crippen LogP contribution in [0.25, 0.3) is 0 Å². The van der Waals surface area contributed by atoms with Crippen LogP contribution >= 0.6 is 11.3 Å². The summed E-state index contributed by atoms with van der Waals surface area (Å²) in [5, 5.41) is 12.8. The topological polar surface area (TPSA) is 104 Å². The molecule has 0 unspecified atom stereocenters. The molecule has 0 amide bonds. The lowest BCUT2D eigenvalue weighted by Gasteiger charge is -2.35. The van der Waals surface area contributed by atoms with Crippen LogP contribution in [-0.2, 0) is 4.74 Å². The number of aliphatic hydroxyl groups excluding tert-OH is 1. The maximum atomic E-state index is 11.5. The number of aromatic nitrogens is 3. The van der Waals surface area contributed by atoms with Crippen molar-refractivity contribution in [1.82, 2.24) is 19.9 Å². The molecule has 2 N–H and O–H groups in total.